The molecule has 1 N–H and O–H groups in total. The highest BCUT2D eigenvalue weighted by atomic mass is 35.5. The largest absolute Gasteiger partial charge is 0.490 e. The van der Waals surface area contributed by atoms with Crippen molar-refractivity contribution in [3.63, 3.8) is 0 Å². The van der Waals surface area contributed by atoms with Crippen LogP contribution in [0.25, 0.3) is 0 Å². The summed E-state index contributed by atoms with van der Waals surface area (Å²) in [5, 5.41) is 4.68. The second-order valence-electron chi connectivity index (χ2n) is 6.42. The average molecular weight is 425 g/mol. The number of rotatable bonds is 12. The maximum atomic E-state index is 6.51. The topological polar surface area (TPSA) is 33.7 Å². The molecule has 0 radical (unpaired) electrons. The maximum Gasteiger partial charge on any atom is 0.180 e. The third-order valence-electron chi connectivity index (χ3n) is 4.53. The van der Waals surface area contributed by atoms with E-state index in [1.165, 1.54) is 0 Å². The van der Waals surface area contributed by atoms with Crippen molar-refractivity contribution in [3.05, 3.63) is 57.6 Å². The van der Waals surface area contributed by atoms with Crippen LogP contribution in [0.4, 0.5) is 0 Å². The zero-order chi connectivity index (χ0) is 20.4. The molecule has 0 saturated heterocycles. The Labute approximate surface area is 178 Å². The first kappa shape index (κ1) is 22.8. The van der Waals surface area contributed by atoms with Crippen molar-refractivity contribution in [1.82, 2.24) is 10.2 Å². The molecule has 0 aliphatic heterocycles. The summed E-state index contributed by atoms with van der Waals surface area (Å²) < 4.78 is 11.7. The van der Waals surface area contributed by atoms with Crippen LogP contribution < -0.4 is 14.8 Å². The van der Waals surface area contributed by atoms with Crippen molar-refractivity contribution in [2.45, 2.75) is 33.9 Å². The molecule has 0 fully saturated rings. The van der Waals surface area contributed by atoms with E-state index in [0.717, 1.165) is 43.9 Å². The van der Waals surface area contributed by atoms with Crippen LogP contribution in [0, 0.1) is 0 Å². The van der Waals surface area contributed by atoms with E-state index in [9.17, 15) is 0 Å². The molecule has 2 aromatic rings. The molecule has 154 valence electrons. The summed E-state index contributed by atoms with van der Waals surface area (Å²) in [6, 6.07) is 11.5. The first-order valence-corrected chi connectivity index (χ1v) is 10.6. The van der Waals surface area contributed by atoms with Crippen LogP contribution in [-0.2, 0) is 13.2 Å². The van der Waals surface area contributed by atoms with Gasteiger partial charge < -0.3 is 19.7 Å². The summed E-state index contributed by atoms with van der Waals surface area (Å²) in [5.41, 5.74) is 1.97. The predicted molar refractivity (Wildman–Crippen MR) is 118 cm³/mol. The summed E-state index contributed by atoms with van der Waals surface area (Å²) in [6.45, 7) is 12.0. The Bertz CT molecular complexity index is 736. The minimum atomic E-state index is 0.334. The molecule has 0 saturated carbocycles. The Morgan fingerprint density at radius 2 is 1.71 bits per heavy atom. The van der Waals surface area contributed by atoms with Crippen molar-refractivity contribution in [1.29, 1.82) is 0 Å². The average Bonchev–Trinajstić information content (AvgIpc) is 2.69. The SMILES string of the molecule is CCOc1cc(CNCCN(CC)CC)cc(Cl)c1OCc1ccccc1Cl. The molecular weight excluding hydrogens is 395 g/mol. The van der Waals surface area contributed by atoms with E-state index in [-0.39, 0.29) is 0 Å². The maximum absolute atomic E-state index is 6.51. The first-order chi connectivity index (χ1) is 13.6. The Morgan fingerprint density at radius 1 is 0.964 bits per heavy atom. The third-order valence-corrected chi connectivity index (χ3v) is 5.18. The van der Waals surface area contributed by atoms with Gasteiger partial charge in [0.2, 0.25) is 0 Å². The van der Waals surface area contributed by atoms with Crippen LogP contribution in [-0.4, -0.2) is 37.7 Å². The molecule has 0 heterocycles. The smallest absolute Gasteiger partial charge is 0.180 e. The molecule has 0 atom stereocenters. The number of benzene rings is 2. The second-order valence-corrected chi connectivity index (χ2v) is 7.24. The summed E-state index contributed by atoms with van der Waals surface area (Å²) in [7, 11) is 0. The fourth-order valence-electron chi connectivity index (χ4n) is 2.90. The lowest BCUT2D eigenvalue weighted by Gasteiger charge is -2.18. The van der Waals surface area contributed by atoms with E-state index >= 15 is 0 Å². The van der Waals surface area contributed by atoms with Crippen molar-refractivity contribution in [2.24, 2.45) is 0 Å². The lowest BCUT2D eigenvalue weighted by atomic mass is 10.2. The molecule has 0 aliphatic rings. The molecule has 4 nitrogen and oxygen atoms in total. The Morgan fingerprint density at radius 3 is 2.39 bits per heavy atom. The first-order valence-electron chi connectivity index (χ1n) is 9.83. The highest BCUT2D eigenvalue weighted by Gasteiger charge is 2.14. The van der Waals surface area contributed by atoms with Gasteiger partial charge in [-0.3, -0.25) is 0 Å². The van der Waals surface area contributed by atoms with Gasteiger partial charge >= 0.3 is 0 Å². The fourth-order valence-corrected chi connectivity index (χ4v) is 3.38. The van der Waals surface area contributed by atoms with Gasteiger partial charge in [0, 0.05) is 30.2 Å². The standard InChI is InChI=1S/C22H30Cl2N2O2/c1-4-26(5-2)12-11-25-15-17-13-20(24)22(21(14-17)27-6-3)28-16-18-9-7-8-10-19(18)23/h7-10,13-14,25H,4-6,11-12,15-16H2,1-3H3. The number of hydrogen-bond donors (Lipinski definition) is 1. The molecule has 6 heteroatoms. The zero-order valence-electron chi connectivity index (χ0n) is 16.9. The summed E-state index contributed by atoms with van der Waals surface area (Å²) in [6.07, 6.45) is 0. The van der Waals surface area contributed by atoms with E-state index in [0.29, 0.717) is 34.8 Å². The lowest BCUT2D eigenvalue weighted by Crippen LogP contribution is -2.31. The number of nitrogens with zero attached hydrogens (tertiary/aromatic N) is 1. The Kier molecular flexibility index (Phi) is 9.93. The van der Waals surface area contributed by atoms with Crippen LogP contribution in [0.1, 0.15) is 31.9 Å². The molecule has 0 aromatic heterocycles. The number of halogens is 2. The van der Waals surface area contributed by atoms with Crippen LogP contribution in [0.5, 0.6) is 11.5 Å². The quantitative estimate of drug-likeness (QED) is 0.462. The fraction of sp³-hybridized carbons (Fsp3) is 0.455. The van der Waals surface area contributed by atoms with Crippen LogP contribution >= 0.6 is 23.2 Å². The van der Waals surface area contributed by atoms with E-state index in [2.05, 4.69) is 24.1 Å². The molecule has 0 aliphatic carbocycles. The molecule has 0 spiro atoms. The summed E-state index contributed by atoms with van der Waals surface area (Å²) in [5.74, 6) is 1.21. The van der Waals surface area contributed by atoms with Crippen molar-refractivity contribution in [3.8, 4) is 11.5 Å². The van der Waals surface area contributed by atoms with Gasteiger partial charge in [0.25, 0.3) is 0 Å². The van der Waals surface area contributed by atoms with Gasteiger partial charge in [0.05, 0.1) is 11.6 Å². The minimum absolute atomic E-state index is 0.334. The number of likely N-dealkylation sites (N-methyl/N-ethyl adjacent to an activating group) is 1. The highest BCUT2D eigenvalue weighted by Crippen LogP contribution is 2.37. The molecule has 0 amide bonds. The van der Waals surface area contributed by atoms with Gasteiger partial charge in [-0.25, -0.2) is 0 Å². The van der Waals surface area contributed by atoms with E-state index in [1.807, 2.05) is 43.3 Å². The van der Waals surface area contributed by atoms with Crippen LogP contribution in [0.15, 0.2) is 36.4 Å². The minimum Gasteiger partial charge on any atom is -0.490 e. The molecule has 0 bridgehead atoms. The number of ether oxygens (including phenoxy) is 2. The molecule has 28 heavy (non-hydrogen) atoms. The van der Waals surface area contributed by atoms with E-state index in [4.69, 9.17) is 32.7 Å². The number of hydrogen-bond acceptors (Lipinski definition) is 4. The van der Waals surface area contributed by atoms with Gasteiger partial charge in [-0.15, -0.1) is 0 Å². The summed E-state index contributed by atoms with van der Waals surface area (Å²) in [4.78, 5) is 2.39. The van der Waals surface area contributed by atoms with Gasteiger partial charge in [-0.2, -0.15) is 0 Å². The van der Waals surface area contributed by atoms with E-state index < -0.39 is 0 Å². The predicted octanol–water partition coefficient (Wildman–Crippen LogP) is 5.40. The van der Waals surface area contributed by atoms with Crippen molar-refractivity contribution >= 4 is 23.2 Å². The van der Waals surface area contributed by atoms with Gasteiger partial charge in [0.1, 0.15) is 6.61 Å². The van der Waals surface area contributed by atoms with Gasteiger partial charge in [0.15, 0.2) is 11.5 Å². The highest BCUT2D eigenvalue weighted by molar-refractivity contribution is 6.32. The van der Waals surface area contributed by atoms with Gasteiger partial charge in [-0.05, 0) is 43.8 Å². The molecule has 2 aromatic carbocycles. The van der Waals surface area contributed by atoms with E-state index in [1.54, 1.807) is 0 Å². The second kappa shape index (κ2) is 12.2. The lowest BCUT2D eigenvalue weighted by molar-refractivity contribution is 0.269. The third kappa shape index (κ3) is 6.85. The monoisotopic (exact) mass is 424 g/mol. The molecule has 0 unspecified atom stereocenters. The van der Waals surface area contributed by atoms with Crippen molar-refractivity contribution in [2.75, 3.05) is 32.8 Å². The number of nitrogens with one attached hydrogen (secondary N) is 1. The van der Waals surface area contributed by atoms with Gasteiger partial charge in [-0.1, -0.05) is 55.2 Å². The Balaban J connectivity index is 2.03. The normalized spacial score (nSPS) is 11.1. The molecule has 2 rings (SSSR count). The molecular formula is C22H30Cl2N2O2. The van der Waals surface area contributed by atoms with Crippen LogP contribution in [0.3, 0.4) is 0 Å². The van der Waals surface area contributed by atoms with Crippen LogP contribution in [0.2, 0.25) is 10.0 Å². The zero-order valence-corrected chi connectivity index (χ0v) is 18.4. The van der Waals surface area contributed by atoms with Crippen molar-refractivity contribution < 1.29 is 9.47 Å². The summed E-state index contributed by atoms with van der Waals surface area (Å²) >= 11 is 12.7. The Hall–Kier alpha value is -1.46.